The van der Waals surface area contributed by atoms with Crippen LogP contribution in [-0.4, -0.2) is 44.3 Å². The van der Waals surface area contributed by atoms with Crippen LogP contribution in [0.25, 0.3) is 0 Å². The number of carbonyl (C=O) groups is 1. The molecule has 5 nitrogen and oxygen atoms in total. The lowest BCUT2D eigenvalue weighted by Crippen LogP contribution is -2.39. The van der Waals surface area contributed by atoms with Crippen LogP contribution in [0.5, 0.6) is 0 Å². The molecule has 0 amide bonds. The molecule has 2 unspecified atom stereocenters. The lowest BCUT2D eigenvalue weighted by molar-refractivity contribution is 0.0954. The quantitative estimate of drug-likeness (QED) is 0.845. The monoisotopic (exact) mass is 291 g/mol. The summed E-state index contributed by atoms with van der Waals surface area (Å²) in [7, 11) is 0. The second-order valence-electron chi connectivity index (χ2n) is 7.13. The summed E-state index contributed by atoms with van der Waals surface area (Å²) in [6.07, 6.45) is 2.56. The summed E-state index contributed by atoms with van der Waals surface area (Å²) < 4.78 is 2.01. The lowest BCUT2D eigenvalue weighted by atomic mass is 9.85. The van der Waals surface area contributed by atoms with Crippen LogP contribution in [0, 0.1) is 5.41 Å². The first-order valence-electron chi connectivity index (χ1n) is 7.88. The first kappa shape index (κ1) is 14.7. The van der Waals surface area contributed by atoms with Crippen molar-refractivity contribution >= 4 is 5.78 Å². The molecule has 116 valence electrons. The first-order valence-corrected chi connectivity index (χ1v) is 7.88. The van der Waals surface area contributed by atoms with E-state index in [4.69, 9.17) is 0 Å². The van der Waals surface area contributed by atoms with Gasteiger partial charge >= 0.3 is 0 Å². The number of aromatic nitrogens is 2. The molecule has 21 heavy (non-hydrogen) atoms. The predicted molar refractivity (Wildman–Crippen MR) is 80.1 cm³/mol. The van der Waals surface area contributed by atoms with Gasteiger partial charge in [-0.2, -0.15) is 5.10 Å². The Morgan fingerprint density at radius 3 is 2.81 bits per heavy atom. The van der Waals surface area contributed by atoms with Gasteiger partial charge in [-0.3, -0.25) is 14.4 Å². The third-order valence-electron chi connectivity index (χ3n) is 5.02. The molecule has 2 heterocycles. The molecule has 1 aromatic rings. The maximum atomic E-state index is 11.6. The van der Waals surface area contributed by atoms with Gasteiger partial charge in [0.15, 0.2) is 5.78 Å². The van der Waals surface area contributed by atoms with E-state index in [-0.39, 0.29) is 17.3 Å². The minimum Gasteiger partial charge on any atom is -0.393 e. The average molecular weight is 291 g/mol. The van der Waals surface area contributed by atoms with Crippen LogP contribution in [0.3, 0.4) is 0 Å². The highest BCUT2D eigenvalue weighted by molar-refractivity contribution is 5.92. The fourth-order valence-electron chi connectivity index (χ4n) is 3.78. The molecule has 1 spiro atoms. The van der Waals surface area contributed by atoms with Crippen LogP contribution in [0.4, 0.5) is 0 Å². The maximum Gasteiger partial charge on any atom is 0.179 e. The van der Waals surface area contributed by atoms with E-state index < -0.39 is 0 Å². The highest BCUT2D eigenvalue weighted by Gasteiger charge is 2.43. The Morgan fingerprint density at radius 1 is 1.48 bits per heavy atom. The third-order valence-corrected chi connectivity index (χ3v) is 5.02. The molecule has 1 N–H and O–H groups in total. The van der Waals surface area contributed by atoms with Crippen LogP contribution in [-0.2, 0) is 13.1 Å². The van der Waals surface area contributed by atoms with Crippen molar-refractivity contribution in [3.8, 4) is 0 Å². The molecule has 2 aliphatic rings. The van der Waals surface area contributed by atoms with Crippen molar-refractivity contribution in [1.82, 2.24) is 14.7 Å². The first-order chi connectivity index (χ1) is 9.88. The van der Waals surface area contributed by atoms with Gasteiger partial charge in [-0.1, -0.05) is 0 Å². The molecule has 0 saturated heterocycles. The highest BCUT2D eigenvalue weighted by Crippen LogP contribution is 2.42. The Bertz CT molecular complexity index is 552. The van der Waals surface area contributed by atoms with Gasteiger partial charge in [-0.25, -0.2) is 0 Å². The van der Waals surface area contributed by atoms with Crippen molar-refractivity contribution in [3.63, 3.8) is 0 Å². The Labute approximate surface area is 125 Å². The van der Waals surface area contributed by atoms with E-state index in [1.165, 1.54) is 0 Å². The van der Waals surface area contributed by atoms with E-state index in [1.54, 1.807) is 6.92 Å². The van der Waals surface area contributed by atoms with Crippen molar-refractivity contribution in [2.24, 2.45) is 5.41 Å². The van der Waals surface area contributed by atoms with Crippen molar-refractivity contribution < 1.29 is 9.90 Å². The largest absolute Gasteiger partial charge is 0.393 e. The zero-order valence-corrected chi connectivity index (χ0v) is 13.2. The molecule has 1 fully saturated rings. The summed E-state index contributed by atoms with van der Waals surface area (Å²) in [6.45, 7) is 8.62. The Hall–Kier alpha value is -1.20. The summed E-state index contributed by atoms with van der Waals surface area (Å²) in [6, 6.07) is 2.38. The smallest absolute Gasteiger partial charge is 0.179 e. The van der Waals surface area contributed by atoms with Gasteiger partial charge in [0, 0.05) is 38.0 Å². The predicted octanol–water partition coefficient (Wildman–Crippen LogP) is 1.84. The van der Waals surface area contributed by atoms with Crippen LogP contribution < -0.4 is 0 Å². The molecule has 1 aliphatic heterocycles. The topological polar surface area (TPSA) is 58.4 Å². The fourth-order valence-corrected chi connectivity index (χ4v) is 3.78. The number of fused-ring (bicyclic) bond motifs is 1. The zero-order chi connectivity index (χ0) is 15.2. The summed E-state index contributed by atoms with van der Waals surface area (Å²) in [5, 5.41) is 14.5. The van der Waals surface area contributed by atoms with Gasteiger partial charge in [0.05, 0.1) is 11.8 Å². The van der Waals surface area contributed by atoms with E-state index in [9.17, 15) is 9.90 Å². The maximum absolute atomic E-state index is 11.6. The molecule has 0 bridgehead atoms. The number of aliphatic hydroxyl groups is 1. The number of nitrogens with zero attached hydrogens (tertiary/aromatic N) is 3. The average Bonchev–Trinajstić information content (AvgIpc) is 2.90. The molecule has 3 rings (SSSR count). The van der Waals surface area contributed by atoms with Gasteiger partial charge in [0.2, 0.25) is 0 Å². The van der Waals surface area contributed by atoms with Gasteiger partial charge in [-0.15, -0.1) is 0 Å². The van der Waals surface area contributed by atoms with E-state index in [1.807, 2.05) is 10.7 Å². The molecule has 0 radical (unpaired) electrons. The summed E-state index contributed by atoms with van der Waals surface area (Å²) in [4.78, 5) is 14.0. The van der Waals surface area contributed by atoms with Gasteiger partial charge in [0.25, 0.3) is 0 Å². The fraction of sp³-hybridized carbons (Fsp3) is 0.750. The number of ketones is 1. The molecule has 1 saturated carbocycles. The molecular formula is C16H25N3O2. The van der Waals surface area contributed by atoms with Crippen molar-refractivity contribution in [1.29, 1.82) is 0 Å². The third kappa shape index (κ3) is 2.77. The van der Waals surface area contributed by atoms with Crippen molar-refractivity contribution in [3.05, 3.63) is 17.5 Å². The molecule has 1 aliphatic carbocycles. The SMILES string of the molecule is CC(=O)c1cc2n(n1)CC1(CCC(O)C1)CN(C(C)C)C2. The number of hydrogen-bond acceptors (Lipinski definition) is 4. The minimum absolute atomic E-state index is 0.0205. The molecular weight excluding hydrogens is 266 g/mol. The Morgan fingerprint density at radius 2 is 2.24 bits per heavy atom. The number of Topliss-reactive ketones (excluding diaryl/α,β-unsaturated/α-hetero) is 1. The van der Waals surface area contributed by atoms with Crippen LogP contribution >= 0.6 is 0 Å². The van der Waals surface area contributed by atoms with Gasteiger partial charge in [-0.05, 0) is 39.2 Å². The molecule has 1 aromatic heterocycles. The number of aliphatic hydroxyl groups excluding tert-OH is 1. The van der Waals surface area contributed by atoms with Gasteiger partial charge in [0.1, 0.15) is 5.69 Å². The lowest BCUT2D eigenvalue weighted by Gasteiger charge is -2.34. The minimum atomic E-state index is -0.191. The summed E-state index contributed by atoms with van der Waals surface area (Å²) in [5.41, 5.74) is 1.77. The van der Waals surface area contributed by atoms with E-state index in [0.29, 0.717) is 11.7 Å². The highest BCUT2D eigenvalue weighted by atomic mass is 16.3. The van der Waals surface area contributed by atoms with E-state index in [0.717, 1.165) is 44.6 Å². The van der Waals surface area contributed by atoms with Crippen molar-refractivity contribution in [2.45, 2.75) is 65.3 Å². The summed E-state index contributed by atoms with van der Waals surface area (Å²) in [5.74, 6) is 0.0205. The molecule has 5 heteroatoms. The van der Waals surface area contributed by atoms with E-state index in [2.05, 4.69) is 23.8 Å². The second-order valence-corrected chi connectivity index (χ2v) is 7.13. The Kier molecular flexibility index (Phi) is 3.66. The van der Waals surface area contributed by atoms with Gasteiger partial charge < -0.3 is 5.11 Å². The van der Waals surface area contributed by atoms with Crippen LogP contribution in [0.1, 0.15) is 56.2 Å². The number of carbonyl (C=O) groups excluding carboxylic acids is 1. The molecule has 2 atom stereocenters. The zero-order valence-electron chi connectivity index (χ0n) is 13.2. The summed E-state index contributed by atoms with van der Waals surface area (Å²) >= 11 is 0. The Balaban J connectivity index is 1.97. The van der Waals surface area contributed by atoms with E-state index >= 15 is 0 Å². The second kappa shape index (κ2) is 5.21. The normalized spacial score (nSPS) is 29.9. The standard InChI is InChI=1S/C16H25N3O2/c1-11(2)18-8-13-6-15(12(3)20)17-19(13)10-16(9-18)5-4-14(21)7-16/h6,11,14,21H,4-5,7-10H2,1-3H3. The van der Waals surface area contributed by atoms with Crippen LogP contribution in [0.2, 0.25) is 0 Å². The van der Waals surface area contributed by atoms with Crippen LogP contribution in [0.15, 0.2) is 6.07 Å². The number of rotatable bonds is 2. The number of hydrogen-bond donors (Lipinski definition) is 1. The van der Waals surface area contributed by atoms with Crippen molar-refractivity contribution in [2.75, 3.05) is 6.54 Å². The molecule has 0 aromatic carbocycles.